The highest BCUT2D eigenvalue weighted by molar-refractivity contribution is 14.0. The zero-order valence-corrected chi connectivity index (χ0v) is 36.3. The summed E-state index contributed by atoms with van der Waals surface area (Å²) in [5.74, 6) is 3.31. The van der Waals surface area contributed by atoms with E-state index in [1.807, 2.05) is 49.7 Å². The number of carbonyl (C=O) groups is 2. The van der Waals surface area contributed by atoms with E-state index in [1.165, 1.54) is 16.7 Å². The number of amides is 2. The number of likely N-dealkylation sites (N-methyl/N-ethyl adjacent to an activating group) is 2. The van der Waals surface area contributed by atoms with Crippen molar-refractivity contribution in [1.29, 1.82) is 0 Å². The van der Waals surface area contributed by atoms with Crippen LogP contribution in [0.25, 0.3) is 0 Å². The SMILES string of the molecule is CC1CCC2(CC1)CC1(N=C(N)N(C)C1=O)c1cc(Br)ccc1O2.CSC1=NC2(CC3(CCC(C)CC3)Oc3ccc(Br)cc32)C(=O)N1C.I.N. The van der Waals surface area contributed by atoms with Crippen LogP contribution in [0.2, 0.25) is 0 Å². The van der Waals surface area contributed by atoms with Crippen LogP contribution in [0.4, 0.5) is 0 Å². The Kier molecular flexibility index (Phi) is 11.7. The lowest BCUT2D eigenvalue weighted by Crippen LogP contribution is -2.53. The molecule has 4 aliphatic heterocycles. The van der Waals surface area contributed by atoms with E-state index in [1.54, 1.807) is 11.9 Å². The molecule has 2 fully saturated rings. The lowest BCUT2D eigenvalue weighted by atomic mass is 9.69. The van der Waals surface area contributed by atoms with Gasteiger partial charge in [0.25, 0.3) is 11.8 Å². The summed E-state index contributed by atoms with van der Waals surface area (Å²) in [6.45, 7) is 4.58. The van der Waals surface area contributed by atoms with Crippen molar-refractivity contribution in [2.45, 2.75) is 100 Å². The molecular weight excluding hydrogens is 911 g/mol. The Morgan fingerprint density at radius 3 is 1.55 bits per heavy atom. The number of amidine groups is 1. The molecule has 2 aromatic rings. The fourth-order valence-corrected chi connectivity index (χ4v) is 10.1. The van der Waals surface area contributed by atoms with E-state index in [-0.39, 0.29) is 59.1 Å². The Bertz CT molecular complexity index is 1760. The van der Waals surface area contributed by atoms with Crippen LogP contribution in [0, 0.1) is 11.8 Å². The van der Waals surface area contributed by atoms with Crippen LogP contribution in [0.5, 0.6) is 11.5 Å². The van der Waals surface area contributed by atoms with E-state index in [4.69, 9.17) is 20.2 Å². The van der Waals surface area contributed by atoms with Gasteiger partial charge in [-0.25, -0.2) is 9.98 Å². The minimum absolute atomic E-state index is 0. The predicted molar refractivity (Wildman–Crippen MR) is 221 cm³/mol. The summed E-state index contributed by atoms with van der Waals surface area (Å²) in [4.78, 5) is 39.3. The molecule has 0 saturated heterocycles. The number of nitrogens with zero attached hydrogens (tertiary/aromatic N) is 4. The summed E-state index contributed by atoms with van der Waals surface area (Å²) in [6.07, 6.45) is 11.6. The molecule has 4 spiro atoms. The summed E-state index contributed by atoms with van der Waals surface area (Å²) in [5.41, 5.74) is 5.34. The van der Waals surface area contributed by atoms with Gasteiger partial charge < -0.3 is 21.4 Å². The third-order valence-electron chi connectivity index (χ3n) is 11.7. The topological polar surface area (TPSA) is 145 Å². The van der Waals surface area contributed by atoms with E-state index in [0.29, 0.717) is 18.8 Å². The van der Waals surface area contributed by atoms with Crippen LogP contribution >= 0.6 is 67.6 Å². The van der Waals surface area contributed by atoms with Crippen molar-refractivity contribution in [3.05, 3.63) is 56.5 Å². The minimum Gasteiger partial charge on any atom is -0.487 e. The second-order valence-corrected chi connectivity index (χ2v) is 17.7. The van der Waals surface area contributed by atoms with Crippen molar-refractivity contribution in [3.63, 3.8) is 0 Å². The summed E-state index contributed by atoms with van der Waals surface area (Å²) in [5, 5.41) is 0.789. The predicted octanol–water partition coefficient (Wildman–Crippen LogP) is 8.51. The molecule has 278 valence electrons. The van der Waals surface area contributed by atoms with Crippen LogP contribution in [0.15, 0.2) is 55.3 Å². The number of fused-ring (bicyclic) bond motifs is 4. The summed E-state index contributed by atoms with van der Waals surface area (Å²) >= 11 is 8.58. The number of carbonyl (C=O) groups excluding carboxylic acids is 2. The Balaban J connectivity index is 0.000000190. The van der Waals surface area contributed by atoms with Crippen molar-refractivity contribution in [3.8, 4) is 11.5 Å². The molecule has 14 heteroatoms. The fraction of sp³-hybridized carbons (Fsp3) is 0.568. The number of aliphatic imine (C=N–C) groups is 2. The lowest BCUT2D eigenvalue weighted by molar-refractivity contribution is -0.135. The van der Waals surface area contributed by atoms with Crippen LogP contribution in [0.3, 0.4) is 0 Å². The maximum atomic E-state index is 13.3. The molecule has 2 amide bonds. The van der Waals surface area contributed by atoms with E-state index in [2.05, 4.69) is 50.7 Å². The Labute approximate surface area is 339 Å². The number of ether oxygens (including phenoxy) is 2. The quantitative estimate of drug-likeness (QED) is 0.252. The maximum Gasteiger partial charge on any atom is 0.261 e. The first kappa shape index (κ1) is 40.3. The molecule has 5 N–H and O–H groups in total. The Morgan fingerprint density at radius 2 is 1.18 bits per heavy atom. The molecule has 2 aliphatic carbocycles. The number of nitrogens with two attached hydrogens (primary N) is 1. The van der Waals surface area contributed by atoms with Gasteiger partial charge in [0.15, 0.2) is 22.2 Å². The summed E-state index contributed by atoms with van der Waals surface area (Å²) < 4.78 is 14.9. The summed E-state index contributed by atoms with van der Waals surface area (Å²) in [6, 6.07) is 11.8. The van der Waals surface area contributed by atoms with Crippen molar-refractivity contribution >= 4 is 90.5 Å². The Morgan fingerprint density at radius 1 is 0.765 bits per heavy atom. The van der Waals surface area contributed by atoms with E-state index in [0.717, 1.165) is 94.0 Å². The third-order valence-corrected chi connectivity index (χ3v) is 13.4. The van der Waals surface area contributed by atoms with Gasteiger partial charge in [-0.1, -0.05) is 57.5 Å². The van der Waals surface area contributed by atoms with Crippen LogP contribution < -0.4 is 21.4 Å². The fourth-order valence-electron chi connectivity index (χ4n) is 8.74. The average Bonchev–Trinajstić information content (AvgIpc) is 3.45. The molecule has 0 radical (unpaired) electrons. The van der Waals surface area contributed by atoms with Gasteiger partial charge in [0, 0.05) is 47.0 Å². The average molecular weight is 961 g/mol. The standard InChI is InChI=1S/C19H23BrN2O2S.C18H22BrN3O2.HI.H3N/c1-12-6-8-18(9-7-12)11-19(16(23)22(2)17(21-19)25-3)14-10-13(20)4-5-15(14)24-18;1-11-5-7-17(8-6-11)10-18(15(23)22(2)16(20)21-18)13-9-12(19)3-4-14(13)24-17;;/h4-5,10,12H,6-9,11H2,1-3H3;3-4,9,11H,5-8,10H2,1-2H3,(H2,20,21);1H;1H3. The van der Waals surface area contributed by atoms with Gasteiger partial charge in [0.1, 0.15) is 22.7 Å². The van der Waals surface area contributed by atoms with Gasteiger partial charge in [-0.05, 0) is 106 Å². The highest BCUT2D eigenvalue weighted by Crippen LogP contribution is 2.55. The summed E-state index contributed by atoms with van der Waals surface area (Å²) in [7, 11) is 3.52. The first-order valence-electron chi connectivity index (χ1n) is 17.3. The second-order valence-electron chi connectivity index (χ2n) is 15.1. The molecule has 0 bridgehead atoms. The first-order chi connectivity index (χ1) is 23.2. The number of benzene rings is 2. The van der Waals surface area contributed by atoms with Gasteiger partial charge in [-0.2, -0.15) is 0 Å². The van der Waals surface area contributed by atoms with E-state index in [9.17, 15) is 9.59 Å². The minimum atomic E-state index is -0.948. The normalized spacial score (nSPS) is 33.3. The second kappa shape index (κ2) is 14.7. The first-order valence-corrected chi connectivity index (χ1v) is 20.1. The van der Waals surface area contributed by atoms with Gasteiger partial charge in [-0.15, -0.1) is 24.0 Å². The molecule has 0 aromatic heterocycles. The zero-order valence-electron chi connectivity index (χ0n) is 30.0. The zero-order chi connectivity index (χ0) is 34.9. The maximum absolute atomic E-state index is 13.3. The van der Waals surface area contributed by atoms with Gasteiger partial charge >= 0.3 is 0 Å². The number of hydrogen-bond acceptors (Lipinski definition) is 9. The number of hydrogen-bond donors (Lipinski definition) is 2. The molecule has 2 unspecified atom stereocenters. The molecule has 6 aliphatic rings. The molecule has 8 rings (SSSR count). The Hall–Kier alpha value is -1.88. The number of halogens is 3. The number of thioether (sulfide) groups is 1. The van der Waals surface area contributed by atoms with E-state index < -0.39 is 11.1 Å². The number of guanidine groups is 1. The number of rotatable bonds is 0. The smallest absolute Gasteiger partial charge is 0.261 e. The third kappa shape index (κ3) is 6.86. The molecule has 10 nitrogen and oxygen atoms in total. The monoisotopic (exact) mass is 958 g/mol. The van der Waals surface area contributed by atoms with Crippen molar-refractivity contribution in [1.82, 2.24) is 16.0 Å². The molecule has 2 aromatic carbocycles. The highest BCUT2D eigenvalue weighted by Gasteiger charge is 2.60. The van der Waals surface area contributed by atoms with Gasteiger partial charge in [0.05, 0.1) is 0 Å². The van der Waals surface area contributed by atoms with Crippen molar-refractivity contribution < 1.29 is 19.1 Å². The van der Waals surface area contributed by atoms with E-state index >= 15 is 0 Å². The largest absolute Gasteiger partial charge is 0.487 e. The highest BCUT2D eigenvalue weighted by atomic mass is 127. The molecule has 2 atom stereocenters. The van der Waals surface area contributed by atoms with Crippen molar-refractivity contribution in [2.24, 2.45) is 27.6 Å². The van der Waals surface area contributed by atoms with Crippen LogP contribution in [-0.2, 0) is 20.7 Å². The lowest BCUT2D eigenvalue weighted by Gasteiger charge is -2.47. The molecule has 2 saturated carbocycles. The molecule has 51 heavy (non-hydrogen) atoms. The van der Waals surface area contributed by atoms with Crippen LogP contribution in [-0.4, -0.2) is 64.3 Å². The van der Waals surface area contributed by atoms with Crippen molar-refractivity contribution in [2.75, 3.05) is 20.4 Å². The molecular formula is C37H49Br2IN6O4S. The van der Waals surface area contributed by atoms with Gasteiger partial charge in [-0.3, -0.25) is 19.4 Å². The van der Waals surface area contributed by atoms with Gasteiger partial charge in [0.2, 0.25) is 0 Å². The molecule has 4 heterocycles. The van der Waals surface area contributed by atoms with Crippen LogP contribution in [0.1, 0.15) is 89.2 Å².